The zero-order valence-electron chi connectivity index (χ0n) is 60.7. The molecule has 5 aromatic carbocycles. The number of anilines is 4. The summed E-state index contributed by atoms with van der Waals surface area (Å²) in [6, 6.07) is 51.4. The summed E-state index contributed by atoms with van der Waals surface area (Å²) in [6.45, 7) is 17.8. The second kappa shape index (κ2) is 39.9. The summed E-state index contributed by atoms with van der Waals surface area (Å²) in [4.78, 5) is 72.1. The number of nitrogens with two attached hydrogens (primary N) is 1. The molecule has 0 radical (unpaired) electrons. The molecular weight excluding hydrogens is 1350 g/mol. The average molecular weight is 1450 g/mol. The third-order valence-electron chi connectivity index (χ3n) is 19.6. The van der Waals surface area contributed by atoms with Crippen LogP contribution < -0.4 is 53.3 Å². The SMILES string of the molecule is C.Cc1cc(NC(=O)NC2C(C)CN(Cc3ccccc3)CC2C)no1.Cc1cc(NC(=O)NC2CCC(Cc3ccccc3)CC2)c(C(C)(F)F)o1.O=C(Nc1ccc2c(c1)C(=O)NCC2)NC1CCN(Cc2ccccc2)CC1.O=C(Nc1ccncc1[NH2+][O-])NC1CCN(Cc2ccccc2)CC1. The lowest BCUT2D eigenvalue weighted by Gasteiger charge is -2.41. The van der Waals surface area contributed by atoms with Crippen molar-refractivity contribution in [3.05, 3.63) is 226 Å². The zero-order valence-corrected chi connectivity index (χ0v) is 60.7. The van der Waals surface area contributed by atoms with Crippen molar-refractivity contribution in [3.8, 4) is 0 Å². The second-order valence-electron chi connectivity index (χ2n) is 28.3. The Labute approximate surface area is 621 Å². The monoisotopic (exact) mass is 1450 g/mol. The number of nitrogens with one attached hydrogen (secondary N) is 9. The third kappa shape index (κ3) is 25.3. The number of furan rings is 1. The van der Waals surface area contributed by atoms with Crippen molar-refractivity contribution >= 4 is 58.6 Å². The third-order valence-corrected chi connectivity index (χ3v) is 19.6. The molecule has 4 aliphatic heterocycles. The number of amides is 9. The second-order valence-corrected chi connectivity index (χ2v) is 28.3. The fourth-order valence-corrected chi connectivity index (χ4v) is 14.4. The van der Waals surface area contributed by atoms with Gasteiger partial charge < -0.3 is 62.2 Å². The molecule has 11 N–H and O–H groups in total. The summed E-state index contributed by atoms with van der Waals surface area (Å²) >= 11 is 0. The van der Waals surface area contributed by atoms with E-state index in [2.05, 4.69) is 184 Å². The van der Waals surface area contributed by atoms with E-state index in [-0.39, 0.29) is 61.3 Å². The fraction of sp³-hybridized carbons (Fsp3) is 0.420. The van der Waals surface area contributed by atoms with Gasteiger partial charge in [-0.2, -0.15) is 8.78 Å². The topological polar surface area (TPSA) is 295 Å². The standard InChI is InChI=1S/C22H26N4O2.C21H26F2N2O2.C19H26N4O2.C18H23N5O2.CH4/c27-21-20-14-19(7-6-17(20)8-11-23-21)25-22(28)24-18-9-12-26(13-10-18)15-16-4-2-1-3-5-16;1-14-12-18(19(27-14)21(2,22)23)25-20(26)24-17-10-8-16(9-11-17)13-15-6-4-3-5-7-15;1-13-10-23(12-16-7-5-4-6-8-16)11-14(2)18(13)21-19(24)20-17-9-15(3)25-22-17;24-18(21-16-6-9-19-12-17(16)22-25)20-15-7-10-23(11-8-15)13-14-4-2-1-3-5-14;/h1-7,14,18H,8-13,15H2,(H,23,27)(H2,24,25,28);3-7,12,16-17H,8-11,13H2,1-2H3,(H2,24,25,26);4-9,13-14,18H,10-12H2,1-3H3,(H2,20,21,22,24);1-6,9,12,15H,7-8,10-11,13,22H2,(H2,19,20,21,24);1H4. The first-order valence-electron chi connectivity index (χ1n) is 36.6. The summed E-state index contributed by atoms with van der Waals surface area (Å²) in [5.41, 5.74) is 9.18. The van der Waals surface area contributed by atoms with Crippen molar-refractivity contribution in [1.29, 1.82) is 0 Å². The van der Waals surface area contributed by atoms with E-state index < -0.39 is 17.7 Å². The van der Waals surface area contributed by atoms with E-state index >= 15 is 0 Å². The average Bonchev–Trinajstić information content (AvgIpc) is 1.75. The van der Waals surface area contributed by atoms with Gasteiger partial charge in [0.2, 0.25) is 0 Å². The number of carbonyl (C=O) groups is 5. The molecule has 23 nitrogen and oxygen atoms in total. The number of piperidine rings is 3. The zero-order chi connectivity index (χ0) is 74.1. The van der Waals surface area contributed by atoms with Gasteiger partial charge in [0.1, 0.15) is 17.2 Å². The Kier molecular flexibility index (Phi) is 30.1. The molecule has 13 rings (SSSR count). The van der Waals surface area contributed by atoms with Crippen molar-refractivity contribution in [2.75, 3.05) is 67.1 Å². The number of fused-ring (bicyclic) bond motifs is 1. The summed E-state index contributed by atoms with van der Waals surface area (Å²) in [6.07, 6.45) is 12.4. The maximum atomic E-state index is 13.6. The highest BCUT2D eigenvalue weighted by Gasteiger charge is 2.35. The molecule has 1 aliphatic carbocycles. The number of benzene rings is 5. The number of aryl methyl sites for hydroxylation is 2. The van der Waals surface area contributed by atoms with Gasteiger partial charge in [0.05, 0.1) is 11.9 Å². The van der Waals surface area contributed by atoms with Crippen molar-refractivity contribution in [3.63, 3.8) is 0 Å². The van der Waals surface area contributed by atoms with Gasteiger partial charge in [-0.25, -0.2) is 19.2 Å². The number of carbonyl (C=O) groups excluding carboxylic acids is 5. The summed E-state index contributed by atoms with van der Waals surface area (Å²) in [7, 11) is 0. The van der Waals surface area contributed by atoms with Gasteiger partial charge in [0, 0.05) is 126 Å². The molecule has 5 aliphatic rings. The van der Waals surface area contributed by atoms with Crippen LogP contribution in [0.1, 0.15) is 135 Å². The smallest absolute Gasteiger partial charge is 0.320 e. The Hall–Kier alpha value is -10.1. The molecule has 4 fully saturated rings. The molecule has 2 atom stereocenters. The van der Waals surface area contributed by atoms with Crippen LogP contribution in [-0.4, -0.2) is 125 Å². The van der Waals surface area contributed by atoms with E-state index in [9.17, 15) is 38.0 Å². The highest BCUT2D eigenvalue weighted by atomic mass is 19.3. The largest absolute Gasteiger partial charge is 0.630 e. The molecule has 7 heterocycles. The van der Waals surface area contributed by atoms with Crippen LogP contribution in [0.4, 0.5) is 56.5 Å². The molecule has 0 bridgehead atoms. The van der Waals surface area contributed by atoms with Gasteiger partial charge in [-0.15, -0.1) is 0 Å². The lowest BCUT2D eigenvalue weighted by molar-refractivity contribution is -0.496. The quantitative estimate of drug-likeness (QED) is 0.0358. The van der Waals surface area contributed by atoms with Gasteiger partial charge >= 0.3 is 30.0 Å². The van der Waals surface area contributed by atoms with Gasteiger partial charge in [0.25, 0.3) is 5.91 Å². The highest BCUT2D eigenvalue weighted by Crippen LogP contribution is 2.36. The molecule has 566 valence electrons. The van der Waals surface area contributed by atoms with Crippen molar-refractivity contribution < 1.29 is 47.2 Å². The predicted molar refractivity (Wildman–Crippen MR) is 410 cm³/mol. The first-order valence-corrected chi connectivity index (χ1v) is 36.6. The Balaban J connectivity index is 0.000000163. The number of nitrogens with zero attached hydrogens (tertiary/aromatic N) is 5. The van der Waals surface area contributed by atoms with E-state index in [4.69, 9.17) is 8.94 Å². The molecule has 3 saturated heterocycles. The lowest BCUT2D eigenvalue weighted by Crippen LogP contribution is -2.70. The maximum absolute atomic E-state index is 13.6. The van der Waals surface area contributed by atoms with Crippen LogP contribution in [0, 0.1) is 36.8 Å². The van der Waals surface area contributed by atoms with Crippen LogP contribution in [0.15, 0.2) is 179 Å². The minimum absolute atomic E-state index is 0. The van der Waals surface area contributed by atoms with Crippen molar-refractivity contribution in [2.45, 2.75) is 156 Å². The van der Waals surface area contributed by atoms with Crippen LogP contribution in [-0.2, 0) is 38.4 Å². The van der Waals surface area contributed by atoms with Crippen LogP contribution in [0.5, 0.6) is 0 Å². The van der Waals surface area contributed by atoms with Gasteiger partial charge in [-0.05, 0) is 142 Å². The van der Waals surface area contributed by atoms with E-state index in [1.54, 1.807) is 38.2 Å². The first-order chi connectivity index (χ1) is 50.7. The Morgan fingerprint density at radius 3 is 1.58 bits per heavy atom. The van der Waals surface area contributed by atoms with E-state index in [0.717, 1.165) is 136 Å². The molecule has 2 unspecified atom stereocenters. The molecule has 9 amide bonds. The Bertz CT molecular complexity index is 4020. The number of hydrogen-bond donors (Lipinski definition) is 10. The molecule has 1 saturated carbocycles. The van der Waals surface area contributed by atoms with Crippen LogP contribution >= 0.6 is 0 Å². The normalized spacial score (nSPS) is 19.2. The molecule has 0 spiro atoms. The number of hydrogen-bond acceptors (Lipinski definition) is 13. The lowest BCUT2D eigenvalue weighted by atomic mass is 9.82. The molecule has 106 heavy (non-hydrogen) atoms. The number of aromatic nitrogens is 2. The van der Waals surface area contributed by atoms with E-state index in [0.29, 0.717) is 69.7 Å². The Morgan fingerprint density at radius 2 is 1.08 bits per heavy atom. The number of alkyl halides is 2. The fourth-order valence-electron chi connectivity index (χ4n) is 14.4. The highest BCUT2D eigenvalue weighted by molar-refractivity contribution is 5.99. The minimum Gasteiger partial charge on any atom is -0.630 e. The number of rotatable bonds is 18. The number of halogens is 2. The van der Waals surface area contributed by atoms with Gasteiger partial charge in [-0.1, -0.05) is 154 Å². The van der Waals surface area contributed by atoms with Crippen LogP contribution in [0.3, 0.4) is 0 Å². The van der Waals surface area contributed by atoms with Crippen LogP contribution in [0.25, 0.3) is 0 Å². The molecular formula is C81H105F2N15O8. The first kappa shape index (κ1) is 80.1. The summed E-state index contributed by atoms with van der Waals surface area (Å²) < 4.78 is 37.2. The van der Waals surface area contributed by atoms with Crippen molar-refractivity contribution in [1.82, 2.24) is 51.4 Å². The number of urea groups is 4. The van der Waals surface area contributed by atoms with Crippen LogP contribution in [0.2, 0.25) is 0 Å². The number of pyridine rings is 1. The van der Waals surface area contributed by atoms with E-state index in [1.165, 1.54) is 34.5 Å². The molecule has 8 aromatic rings. The number of quaternary nitrogens is 1. The Morgan fingerprint density at radius 1 is 0.585 bits per heavy atom. The molecule has 25 heteroatoms. The van der Waals surface area contributed by atoms with Gasteiger partial charge in [0.15, 0.2) is 17.3 Å². The predicted octanol–water partition coefficient (Wildman–Crippen LogP) is 13.8. The molecule has 3 aromatic heterocycles. The summed E-state index contributed by atoms with van der Waals surface area (Å²) in [5.74, 6) is -0.916. The van der Waals surface area contributed by atoms with Crippen molar-refractivity contribution in [2.24, 2.45) is 17.8 Å². The van der Waals surface area contributed by atoms with Gasteiger partial charge in [-0.3, -0.25) is 29.8 Å². The van der Waals surface area contributed by atoms with E-state index in [1.807, 2.05) is 36.4 Å². The number of likely N-dealkylation sites (tertiary alicyclic amines) is 3. The summed E-state index contributed by atoms with van der Waals surface area (Å²) in [5, 5.41) is 40.5. The maximum Gasteiger partial charge on any atom is 0.320 e. The minimum atomic E-state index is -3.15.